The number of aromatic nitrogens is 4. The molecule has 4 rings (SSSR count). The van der Waals surface area contributed by atoms with Gasteiger partial charge in [0.1, 0.15) is 17.3 Å². The number of fused-ring (bicyclic) bond motifs is 1. The molecular formula is C21H20FN5O2. The van der Waals surface area contributed by atoms with Crippen molar-refractivity contribution < 1.29 is 13.9 Å². The van der Waals surface area contributed by atoms with Crippen LogP contribution in [-0.2, 0) is 13.0 Å². The standard InChI is InChI=1S/C21H20FN5O2/c1-28-15-6-7-17(29-2)16(11-15)20-25-18-19(23)24-12-27(21(18)26-20)9-8-13-4-3-5-14(22)10-13/h3-7,10-12H,8-9,23H2,1-2H3. The Labute approximate surface area is 167 Å². The van der Waals surface area contributed by atoms with Gasteiger partial charge in [0.25, 0.3) is 0 Å². The molecular weight excluding hydrogens is 373 g/mol. The lowest BCUT2D eigenvalue weighted by Crippen LogP contribution is -2.10. The van der Waals surface area contributed by atoms with Gasteiger partial charge in [-0.3, -0.25) is 0 Å². The van der Waals surface area contributed by atoms with Crippen molar-refractivity contribution in [1.82, 2.24) is 19.5 Å². The molecule has 29 heavy (non-hydrogen) atoms. The maximum absolute atomic E-state index is 13.4. The van der Waals surface area contributed by atoms with E-state index < -0.39 is 0 Å². The molecule has 8 heteroatoms. The Kier molecular flexibility index (Phi) is 4.99. The Morgan fingerprint density at radius 2 is 1.93 bits per heavy atom. The first-order chi connectivity index (χ1) is 14.1. The predicted octanol–water partition coefficient (Wildman–Crippen LogP) is 3.43. The van der Waals surface area contributed by atoms with Gasteiger partial charge < -0.3 is 19.8 Å². The third-order valence-electron chi connectivity index (χ3n) is 4.67. The average Bonchev–Trinajstić information content (AvgIpc) is 3.19. The number of anilines is 1. The lowest BCUT2D eigenvalue weighted by Gasteiger charge is -2.11. The highest BCUT2D eigenvalue weighted by atomic mass is 19.1. The SMILES string of the molecule is COc1ccc(OC)c(-c2nc3c(N)ncn(CCc4cccc(F)c4)c-3n2)c1. The zero-order valence-electron chi connectivity index (χ0n) is 16.1. The van der Waals surface area contributed by atoms with E-state index in [2.05, 4.69) is 15.0 Å². The van der Waals surface area contributed by atoms with E-state index in [-0.39, 0.29) is 5.82 Å². The average molecular weight is 393 g/mol. The third-order valence-corrected chi connectivity index (χ3v) is 4.67. The number of nitrogens with zero attached hydrogens (tertiary/aromatic N) is 4. The second-order valence-electron chi connectivity index (χ2n) is 6.49. The number of rotatable bonds is 6. The molecule has 0 aliphatic carbocycles. The lowest BCUT2D eigenvalue weighted by molar-refractivity contribution is 0.404. The molecule has 0 saturated carbocycles. The number of imidazole rings is 1. The van der Waals surface area contributed by atoms with Gasteiger partial charge in [0.15, 0.2) is 23.2 Å². The Bertz CT molecular complexity index is 1130. The molecule has 0 fully saturated rings. The zero-order chi connectivity index (χ0) is 20.4. The Morgan fingerprint density at radius 1 is 1.07 bits per heavy atom. The molecule has 0 amide bonds. The van der Waals surface area contributed by atoms with Crippen molar-refractivity contribution in [3.05, 3.63) is 60.2 Å². The van der Waals surface area contributed by atoms with Crippen molar-refractivity contribution in [2.45, 2.75) is 13.0 Å². The number of ether oxygens (including phenoxy) is 2. The minimum atomic E-state index is -0.256. The third kappa shape index (κ3) is 3.69. The van der Waals surface area contributed by atoms with Gasteiger partial charge in [0.05, 0.1) is 26.1 Å². The van der Waals surface area contributed by atoms with E-state index in [0.717, 1.165) is 5.56 Å². The van der Waals surface area contributed by atoms with E-state index in [0.29, 0.717) is 53.2 Å². The van der Waals surface area contributed by atoms with Crippen molar-refractivity contribution in [2.75, 3.05) is 20.0 Å². The molecule has 2 N–H and O–H groups in total. The number of halogens is 1. The number of nitrogens with two attached hydrogens (primary N) is 1. The maximum Gasteiger partial charge on any atom is 0.166 e. The van der Waals surface area contributed by atoms with Gasteiger partial charge in [0, 0.05) is 6.54 Å². The summed E-state index contributed by atoms with van der Waals surface area (Å²) in [6, 6.07) is 11.9. The van der Waals surface area contributed by atoms with Gasteiger partial charge in [0.2, 0.25) is 0 Å². The van der Waals surface area contributed by atoms with E-state index in [1.807, 2.05) is 16.7 Å². The molecule has 0 spiro atoms. The first kappa shape index (κ1) is 18.7. The van der Waals surface area contributed by atoms with E-state index >= 15 is 0 Å². The van der Waals surface area contributed by atoms with Gasteiger partial charge >= 0.3 is 0 Å². The Morgan fingerprint density at radius 3 is 2.69 bits per heavy atom. The summed E-state index contributed by atoms with van der Waals surface area (Å²) in [6.07, 6.45) is 2.24. The summed E-state index contributed by atoms with van der Waals surface area (Å²) >= 11 is 0. The van der Waals surface area contributed by atoms with Crippen LogP contribution in [0.2, 0.25) is 0 Å². The quantitative estimate of drug-likeness (QED) is 0.540. The molecule has 0 radical (unpaired) electrons. The van der Waals surface area contributed by atoms with Crippen molar-refractivity contribution in [1.29, 1.82) is 0 Å². The number of aryl methyl sites for hydroxylation is 2. The van der Waals surface area contributed by atoms with Gasteiger partial charge in [-0.25, -0.2) is 19.3 Å². The fourth-order valence-corrected chi connectivity index (χ4v) is 3.17. The van der Waals surface area contributed by atoms with Gasteiger partial charge in [-0.1, -0.05) is 12.1 Å². The van der Waals surface area contributed by atoms with Crippen molar-refractivity contribution in [3.63, 3.8) is 0 Å². The molecule has 2 heterocycles. The van der Waals surface area contributed by atoms with Crippen LogP contribution in [0.15, 0.2) is 48.8 Å². The molecule has 0 saturated heterocycles. The van der Waals surface area contributed by atoms with Gasteiger partial charge in [-0.15, -0.1) is 0 Å². The van der Waals surface area contributed by atoms with E-state index in [4.69, 9.17) is 15.2 Å². The van der Waals surface area contributed by atoms with Crippen LogP contribution in [-0.4, -0.2) is 33.7 Å². The molecule has 0 unspecified atom stereocenters. The molecule has 0 aromatic heterocycles. The van der Waals surface area contributed by atoms with E-state index in [1.54, 1.807) is 38.7 Å². The number of benzene rings is 2. The number of nitrogen functional groups attached to an aromatic ring is 1. The van der Waals surface area contributed by atoms with Crippen LogP contribution >= 0.6 is 0 Å². The van der Waals surface area contributed by atoms with Crippen LogP contribution in [0.3, 0.4) is 0 Å². The summed E-state index contributed by atoms with van der Waals surface area (Å²) in [5.41, 5.74) is 8.12. The van der Waals surface area contributed by atoms with Crippen LogP contribution in [0.4, 0.5) is 10.2 Å². The normalized spacial score (nSPS) is 11.0. The van der Waals surface area contributed by atoms with Crippen LogP contribution in [0.1, 0.15) is 5.56 Å². The molecule has 148 valence electrons. The summed E-state index contributed by atoms with van der Waals surface area (Å²) in [5, 5.41) is 0. The van der Waals surface area contributed by atoms with Gasteiger partial charge in [-0.05, 0) is 42.3 Å². The van der Waals surface area contributed by atoms with Crippen molar-refractivity contribution in [2.24, 2.45) is 0 Å². The fraction of sp³-hybridized carbons (Fsp3) is 0.190. The smallest absolute Gasteiger partial charge is 0.166 e. The Balaban J connectivity index is 1.73. The number of methoxy groups -OCH3 is 2. The Hall–Kier alpha value is -3.68. The molecule has 7 nitrogen and oxygen atoms in total. The number of hydrogen-bond donors (Lipinski definition) is 1. The van der Waals surface area contributed by atoms with Crippen molar-refractivity contribution in [3.8, 4) is 34.4 Å². The predicted molar refractivity (Wildman–Crippen MR) is 107 cm³/mol. The summed E-state index contributed by atoms with van der Waals surface area (Å²) in [5.74, 6) is 2.40. The topological polar surface area (TPSA) is 88.1 Å². The second kappa shape index (κ2) is 7.75. The molecule has 0 bridgehead atoms. The van der Waals surface area contributed by atoms with Crippen molar-refractivity contribution >= 4 is 5.82 Å². The second-order valence-corrected chi connectivity index (χ2v) is 6.49. The highest BCUT2D eigenvalue weighted by Gasteiger charge is 2.21. The first-order valence-corrected chi connectivity index (χ1v) is 9.04. The molecule has 2 aromatic rings. The van der Waals surface area contributed by atoms with E-state index in [1.165, 1.54) is 12.1 Å². The zero-order valence-corrected chi connectivity index (χ0v) is 16.1. The van der Waals surface area contributed by atoms with Crippen LogP contribution in [0.25, 0.3) is 22.9 Å². The minimum absolute atomic E-state index is 0.256. The molecule has 0 atom stereocenters. The lowest BCUT2D eigenvalue weighted by atomic mass is 10.1. The highest BCUT2D eigenvalue weighted by molar-refractivity contribution is 5.74. The summed E-state index contributed by atoms with van der Waals surface area (Å²) in [4.78, 5) is 13.5. The van der Waals surface area contributed by atoms with Crippen LogP contribution in [0.5, 0.6) is 11.5 Å². The van der Waals surface area contributed by atoms with Crippen LogP contribution in [0, 0.1) is 5.82 Å². The first-order valence-electron chi connectivity index (χ1n) is 9.04. The molecule has 2 aromatic carbocycles. The minimum Gasteiger partial charge on any atom is -0.497 e. The largest absolute Gasteiger partial charge is 0.497 e. The van der Waals surface area contributed by atoms with E-state index in [9.17, 15) is 4.39 Å². The van der Waals surface area contributed by atoms with Gasteiger partial charge in [-0.2, -0.15) is 0 Å². The summed E-state index contributed by atoms with van der Waals surface area (Å²) in [6.45, 7) is 0.556. The molecule has 2 aliphatic rings. The summed E-state index contributed by atoms with van der Waals surface area (Å²) < 4.78 is 26.1. The molecule has 2 aliphatic heterocycles. The maximum atomic E-state index is 13.4. The monoisotopic (exact) mass is 393 g/mol. The fourth-order valence-electron chi connectivity index (χ4n) is 3.17. The summed E-state index contributed by atoms with van der Waals surface area (Å²) in [7, 11) is 3.18. The highest BCUT2D eigenvalue weighted by Crippen LogP contribution is 2.35. The number of hydrogen-bond acceptors (Lipinski definition) is 6. The van der Waals surface area contributed by atoms with Crippen LogP contribution < -0.4 is 15.2 Å².